The Balaban J connectivity index is 1.99. The summed E-state index contributed by atoms with van der Waals surface area (Å²) in [6.45, 7) is 1.78. The van der Waals surface area contributed by atoms with Gasteiger partial charge in [-0.15, -0.1) is 0 Å². The predicted molar refractivity (Wildman–Crippen MR) is 114 cm³/mol. The van der Waals surface area contributed by atoms with Gasteiger partial charge in [0.15, 0.2) is 0 Å². The van der Waals surface area contributed by atoms with Gasteiger partial charge in [-0.3, -0.25) is 4.79 Å². The number of methoxy groups -OCH3 is 1. The molecule has 0 fully saturated rings. The second-order valence-corrected chi connectivity index (χ2v) is 6.33. The van der Waals surface area contributed by atoms with E-state index in [0.717, 1.165) is 16.7 Å². The van der Waals surface area contributed by atoms with Crippen LogP contribution in [-0.2, 0) is 4.79 Å². The fourth-order valence-electron chi connectivity index (χ4n) is 2.52. The van der Waals surface area contributed by atoms with Crippen molar-refractivity contribution in [3.63, 3.8) is 0 Å². The molecule has 0 radical (unpaired) electrons. The van der Waals surface area contributed by atoms with Crippen LogP contribution in [0.1, 0.15) is 18.2 Å². The molecule has 2 aromatic heterocycles. The largest absolute Gasteiger partial charge is 0.481 e. The fraction of sp³-hybridized carbons (Fsp3) is 0.174. The van der Waals surface area contributed by atoms with Crippen molar-refractivity contribution in [3.8, 4) is 28.8 Å². The number of anilines is 1. The summed E-state index contributed by atoms with van der Waals surface area (Å²) in [7, 11) is 3.30. The molecule has 1 unspecified atom stereocenters. The van der Waals surface area contributed by atoms with Crippen LogP contribution in [0.2, 0.25) is 0 Å². The topological polar surface area (TPSA) is 76.1 Å². The molecule has 2 heterocycles. The fourth-order valence-corrected chi connectivity index (χ4v) is 2.52. The summed E-state index contributed by atoms with van der Waals surface area (Å²) in [5.41, 5.74) is 3.16. The van der Waals surface area contributed by atoms with Crippen LogP contribution < -0.4 is 15.4 Å². The molecule has 146 valence electrons. The average molecular weight is 386 g/mol. The molecule has 1 atom stereocenters. The monoisotopic (exact) mass is 386 g/mol. The molecule has 0 aliphatic heterocycles. The summed E-state index contributed by atoms with van der Waals surface area (Å²) in [5, 5.41) is 5.75. The van der Waals surface area contributed by atoms with Crippen LogP contribution in [0.5, 0.6) is 5.88 Å². The summed E-state index contributed by atoms with van der Waals surface area (Å²) in [6.07, 6.45) is 1.71. The van der Waals surface area contributed by atoms with Crippen molar-refractivity contribution in [2.24, 2.45) is 0 Å². The maximum Gasteiger partial charge on any atom is 0.242 e. The number of hydrogen-bond donors (Lipinski definition) is 2. The van der Waals surface area contributed by atoms with Gasteiger partial charge in [-0.25, -0.2) is 9.97 Å². The molecule has 3 rings (SSSR count). The summed E-state index contributed by atoms with van der Waals surface area (Å²) in [5.74, 6) is 6.97. The lowest BCUT2D eigenvalue weighted by atomic mass is 10.1. The van der Waals surface area contributed by atoms with Crippen LogP contribution >= 0.6 is 0 Å². The van der Waals surface area contributed by atoms with E-state index in [2.05, 4.69) is 32.4 Å². The van der Waals surface area contributed by atoms with Gasteiger partial charge in [-0.2, -0.15) is 0 Å². The van der Waals surface area contributed by atoms with E-state index in [1.165, 1.54) is 0 Å². The first kappa shape index (κ1) is 20.1. The van der Waals surface area contributed by atoms with Crippen molar-refractivity contribution >= 4 is 11.7 Å². The molecule has 0 bridgehead atoms. The Morgan fingerprint density at radius 3 is 2.52 bits per heavy atom. The SMILES string of the molecule is CNC(C)C(=O)Nc1cc(-c2ccc(OC)nc2)cc(C#Cc2ccccc2)n1. The lowest BCUT2D eigenvalue weighted by Crippen LogP contribution is -2.35. The zero-order valence-corrected chi connectivity index (χ0v) is 16.6. The van der Waals surface area contributed by atoms with Gasteiger partial charge < -0.3 is 15.4 Å². The Morgan fingerprint density at radius 2 is 1.86 bits per heavy atom. The molecule has 2 N–H and O–H groups in total. The Hall–Kier alpha value is -3.69. The van der Waals surface area contributed by atoms with Crippen molar-refractivity contribution in [2.75, 3.05) is 19.5 Å². The number of carbonyl (C=O) groups excluding carboxylic acids is 1. The average Bonchev–Trinajstić information content (AvgIpc) is 2.77. The highest BCUT2D eigenvalue weighted by molar-refractivity contribution is 5.94. The Labute approximate surface area is 170 Å². The van der Waals surface area contributed by atoms with Crippen molar-refractivity contribution in [3.05, 3.63) is 72.1 Å². The van der Waals surface area contributed by atoms with Crippen molar-refractivity contribution < 1.29 is 9.53 Å². The van der Waals surface area contributed by atoms with Crippen molar-refractivity contribution in [1.82, 2.24) is 15.3 Å². The molecular formula is C23H22N4O2. The van der Waals surface area contributed by atoms with Gasteiger partial charge in [-0.1, -0.05) is 24.1 Å². The van der Waals surface area contributed by atoms with Gasteiger partial charge >= 0.3 is 0 Å². The zero-order valence-electron chi connectivity index (χ0n) is 16.6. The van der Waals surface area contributed by atoms with Crippen LogP contribution in [0.25, 0.3) is 11.1 Å². The summed E-state index contributed by atoms with van der Waals surface area (Å²) < 4.78 is 5.12. The quantitative estimate of drug-likeness (QED) is 0.659. The molecule has 29 heavy (non-hydrogen) atoms. The molecule has 3 aromatic rings. The molecule has 0 saturated carbocycles. The number of ether oxygens (including phenoxy) is 1. The smallest absolute Gasteiger partial charge is 0.242 e. The number of benzene rings is 1. The molecule has 0 saturated heterocycles. The van der Waals surface area contributed by atoms with Crippen LogP contribution in [0.3, 0.4) is 0 Å². The van der Waals surface area contributed by atoms with Crippen LogP contribution in [-0.4, -0.2) is 36.1 Å². The van der Waals surface area contributed by atoms with Gasteiger partial charge in [0.05, 0.1) is 13.2 Å². The number of carbonyl (C=O) groups is 1. The molecule has 6 heteroatoms. The molecule has 1 aromatic carbocycles. The molecule has 6 nitrogen and oxygen atoms in total. The number of amides is 1. The Bertz CT molecular complexity index is 1040. The second-order valence-electron chi connectivity index (χ2n) is 6.33. The standard InChI is InChI=1S/C23H22N4O2/c1-16(24-2)23(28)27-21-14-19(18-10-12-22(29-3)25-15-18)13-20(26-21)11-9-17-7-5-4-6-8-17/h4-8,10,12-16,24H,1-3H3,(H,26,27,28). The number of nitrogens with zero attached hydrogens (tertiary/aromatic N) is 2. The lowest BCUT2D eigenvalue weighted by molar-refractivity contribution is -0.117. The maximum absolute atomic E-state index is 12.3. The summed E-state index contributed by atoms with van der Waals surface area (Å²) in [4.78, 5) is 21.0. The molecule has 0 aliphatic carbocycles. The van der Waals surface area contributed by atoms with E-state index < -0.39 is 0 Å². The van der Waals surface area contributed by atoms with Crippen LogP contribution in [0.15, 0.2) is 60.8 Å². The van der Waals surface area contributed by atoms with E-state index >= 15 is 0 Å². The van der Waals surface area contributed by atoms with E-state index in [1.54, 1.807) is 39.4 Å². The number of pyridine rings is 2. The van der Waals surface area contributed by atoms with Gasteiger partial charge in [0, 0.05) is 23.4 Å². The second kappa shape index (κ2) is 9.49. The highest BCUT2D eigenvalue weighted by Crippen LogP contribution is 2.23. The number of nitrogens with one attached hydrogen (secondary N) is 2. The van der Waals surface area contributed by atoms with Crippen LogP contribution in [0.4, 0.5) is 5.82 Å². The number of aromatic nitrogens is 2. The third-order valence-electron chi connectivity index (χ3n) is 4.29. The molecule has 1 amide bonds. The van der Waals surface area contributed by atoms with Crippen molar-refractivity contribution in [2.45, 2.75) is 13.0 Å². The van der Waals surface area contributed by atoms with E-state index in [-0.39, 0.29) is 11.9 Å². The molecule has 0 aliphatic rings. The van der Waals surface area contributed by atoms with E-state index in [9.17, 15) is 4.79 Å². The van der Waals surface area contributed by atoms with Crippen molar-refractivity contribution in [1.29, 1.82) is 0 Å². The third-order valence-corrected chi connectivity index (χ3v) is 4.29. The van der Waals surface area contributed by atoms with Gasteiger partial charge in [0.1, 0.15) is 11.5 Å². The molecular weight excluding hydrogens is 364 g/mol. The van der Waals surface area contributed by atoms with E-state index in [1.807, 2.05) is 42.5 Å². The van der Waals surface area contributed by atoms with E-state index in [4.69, 9.17) is 4.74 Å². The predicted octanol–water partition coefficient (Wildman–Crippen LogP) is 3.10. The normalized spacial score (nSPS) is 11.1. The summed E-state index contributed by atoms with van der Waals surface area (Å²) >= 11 is 0. The van der Waals surface area contributed by atoms with E-state index in [0.29, 0.717) is 17.4 Å². The van der Waals surface area contributed by atoms with Gasteiger partial charge in [0.2, 0.25) is 11.8 Å². The lowest BCUT2D eigenvalue weighted by Gasteiger charge is -2.12. The first-order valence-electron chi connectivity index (χ1n) is 9.16. The zero-order chi connectivity index (χ0) is 20.6. The summed E-state index contributed by atoms with van der Waals surface area (Å²) in [6, 6.07) is 16.7. The first-order chi connectivity index (χ1) is 14.1. The van der Waals surface area contributed by atoms with Gasteiger partial charge in [-0.05, 0) is 55.8 Å². The van der Waals surface area contributed by atoms with Crippen LogP contribution in [0, 0.1) is 11.8 Å². The minimum Gasteiger partial charge on any atom is -0.481 e. The highest BCUT2D eigenvalue weighted by atomic mass is 16.5. The minimum atomic E-state index is -0.345. The molecule has 0 spiro atoms. The number of rotatable bonds is 5. The Kier molecular flexibility index (Phi) is 6.56. The highest BCUT2D eigenvalue weighted by Gasteiger charge is 2.12. The minimum absolute atomic E-state index is 0.174. The maximum atomic E-state index is 12.3. The number of likely N-dealkylation sites (N-methyl/N-ethyl adjacent to an activating group) is 1. The third kappa shape index (κ3) is 5.41. The van der Waals surface area contributed by atoms with Gasteiger partial charge in [0.25, 0.3) is 0 Å². The number of hydrogen-bond acceptors (Lipinski definition) is 5. The Morgan fingerprint density at radius 1 is 1.07 bits per heavy atom. The first-order valence-corrected chi connectivity index (χ1v) is 9.16.